The summed E-state index contributed by atoms with van der Waals surface area (Å²) in [6.45, 7) is 8.45. The molecule has 2 bridgehead atoms. The van der Waals surface area contributed by atoms with Gasteiger partial charge in [-0.15, -0.1) is 47.3 Å². The van der Waals surface area contributed by atoms with Gasteiger partial charge in [0, 0.05) is 51.8 Å². The number of nitrogens with zero attached hydrogens (tertiary/aromatic N) is 3. The van der Waals surface area contributed by atoms with Crippen LogP contribution in [0.5, 0.6) is 0 Å². The van der Waals surface area contributed by atoms with Crippen molar-refractivity contribution in [2.75, 3.05) is 0 Å². The van der Waals surface area contributed by atoms with E-state index in [4.69, 9.17) is 21.7 Å². The number of fused-ring (bicyclic) bond motifs is 7. The van der Waals surface area contributed by atoms with E-state index in [2.05, 4.69) is 66.0 Å². The van der Waals surface area contributed by atoms with Crippen LogP contribution in [0, 0.1) is 36.7 Å². The van der Waals surface area contributed by atoms with Gasteiger partial charge < -0.3 is 14.4 Å². The molecule has 0 aliphatic heterocycles. The third kappa shape index (κ3) is 7.69. The molecule has 273 valence electrons. The minimum atomic E-state index is -2.40. The Kier molecular flexibility index (Phi) is 8.02. The largest absolute Gasteiger partial charge is 0.486 e. The molecular weight excluding hydrogens is 843 g/mol. The molecule has 7 aromatic rings. The number of aromatic nitrogens is 3. The standard InChI is InChI=1S/C26H25N2O.C21H24NSi.Ir/c1-16-5-10-22-21-3-2-4-23(25(21)29-26(22)28-16)24-15-18(11-12-27-24)14-20-13-17-6-8-19(20)9-7-17;1-15(2)19-13-20(22-14-21(19)23(3,4)5)18-12-8-10-16-9-6-7-11-17(16)18;/h2-3,5,10-12,15,17,19-20H,6-9,13-14H2,1H3;6-11,13-15H,1-5H3;/q2*-1;/i1D3,11D,12D,14D2,15D;15D;. The SMILES string of the molecule is [2H]C(C)(C)c1cc(-c2[c-]ccc3ccccc23)ncc1[Si](C)(C)C.[2H]c1nc(-c2[c-]ccc3c2oc2nc(C([2H])([2H])[2H])ccc23)c([2H])c(C([2H])([2H])C2CC3CCC2CC3)c1[2H].[Ir]. The summed E-state index contributed by atoms with van der Waals surface area (Å²) in [6, 6.07) is 26.6. The van der Waals surface area contributed by atoms with Gasteiger partial charge in [0.05, 0.1) is 17.8 Å². The molecule has 4 nitrogen and oxygen atoms in total. The quantitative estimate of drug-likeness (QED) is 0.123. The monoisotopic (exact) mass is 901 g/mol. The third-order valence-electron chi connectivity index (χ3n) is 10.7. The molecule has 0 N–H and O–H groups in total. The number of benzene rings is 3. The zero-order valence-corrected chi connectivity index (χ0v) is 34.2. The second-order valence-corrected chi connectivity index (χ2v) is 20.6. The number of furan rings is 1. The Morgan fingerprint density at radius 2 is 1.74 bits per heavy atom. The van der Waals surface area contributed by atoms with Gasteiger partial charge in [0.15, 0.2) is 0 Å². The molecular formula is C47H49IrN3OSi-2. The molecule has 10 rings (SSSR count). The van der Waals surface area contributed by atoms with Crippen molar-refractivity contribution in [1.82, 2.24) is 15.0 Å². The molecule has 1 unspecified atom stereocenters. The van der Waals surface area contributed by atoms with Crippen LogP contribution in [-0.2, 0) is 26.5 Å². The first kappa shape index (κ1) is 27.6. The zero-order chi connectivity index (χ0) is 43.8. The molecule has 4 heterocycles. The number of aryl methyl sites for hydroxylation is 1. The van der Waals surface area contributed by atoms with Gasteiger partial charge in [-0.3, -0.25) is 0 Å². The van der Waals surface area contributed by atoms with Crippen LogP contribution < -0.4 is 5.19 Å². The zero-order valence-electron chi connectivity index (χ0n) is 39.8. The van der Waals surface area contributed by atoms with Crippen molar-refractivity contribution in [3.05, 3.63) is 120 Å². The number of hydrogen-bond donors (Lipinski definition) is 0. The fourth-order valence-corrected chi connectivity index (χ4v) is 9.61. The Balaban J connectivity index is 0.000000201. The minimum absolute atomic E-state index is 0. The number of rotatable bonds is 6. The molecule has 0 amide bonds. The average Bonchev–Trinajstić information content (AvgIpc) is 3.60. The van der Waals surface area contributed by atoms with E-state index in [1.165, 1.54) is 16.6 Å². The third-order valence-corrected chi connectivity index (χ3v) is 12.7. The first-order valence-electron chi connectivity index (χ1n) is 22.8. The van der Waals surface area contributed by atoms with E-state index in [9.17, 15) is 0 Å². The van der Waals surface area contributed by atoms with Crippen molar-refractivity contribution < 1.29 is 36.9 Å². The van der Waals surface area contributed by atoms with E-state index in [-0.39, 0.29) is 77.8 Å². The van der Waals surface area contributed by atoms with Crippen molar-refractivity contribution in [2.45, 2.75) is 84.7 Å². The first-order valence-corrected chi connectivity index (χ1v) is 21.8. The predicted molar refractivity (Wildman–Crippen MR) is 219 cm³/mol. The molecule has 4 aromatic heterocycles. The summed E-state index contributed by atoms with van der Waals surface area (Å²) in [4.78, 5) is 13.1. The van der Waals surface area contributed by atoms with Crippen molar-refractivity contribution in [2.24, 2.45) is 17.8 Å². The second kappa shape index (κ2) is 15.4. The fraction of sp³-hybridized carbons (Fsp3) is 0.340. The van der Waals surface area contributed by atoms with Gasteiger partial charge in [-0.2, -0.15) is 0 Å². The molecule has 6 heteroatoms. The number of pyridine rings is 3. The van der Waals surface area contributed by atoms with Crippen LogP contribution in [0.15, 0.2) is 95.6 Å². The number of hydrogen-bond acceptors (Lipinski definition) is 4. The summed E-state index contributed by atoms with van der Waals surface area (Å²) in [5.41, 5.74) is 3.46. The fourth-order valence-electron chi connectivity index (χ4n) is 8.02. The summed E-state index contributed by atoms with van der Waals surface area (Å²) in [7, 11) is -1.56. The van der Waals surface area contributed by atoms with Crippen LogP contribution in [0.3, 0.4) is 0 Å². The van der Waals surface area contributed by atoms with Crippen molar-refractivity contribution in [1.29, 1.82) is 0 Å². The van der Waals surface area contributed by atoms with Crippen molar-refractivity contribution in [3.63, 3.8) is 0 Å². The van der Waals surface area contributed by atoms with E-state index in [0.717, 1.165) is 54.3 Å². The van der Waals surface area contributed by atoms with Crippen LogP contribution in [-0.4, -0.2) is 23.0 Å². The van der Waals surface area contributed by atoms with E-state index in [1.807, 2.05) is 38.2 Å². The maximum atomic E-state index is 9.10. The van der Waals surface area contributed by atoms with Crippen LogP contribution in [0.2, 0.25) is 19.6 Å². The van der Waals surface area contributed by atoms with Crippen LogP contribution in [0.4, 0.5) is 0 Å². The van der Waals surface area contributed by atoms with Gasteiger partial charge in [-0.05, 0) is 90.9 Å². The Labute approximate surface area is 341 Å². The van der Waals surface area contributed by atoms with Crippen molar-refractivity contribution >= 4 is 46.1 Å². The maximum absolute atomic E-state index is 9.10. The topological polar surface area (TPSA) is 51.8 Å². The maximum Gasteiger partial charge on any atom is 0.216 e. The molecule has 1 radical (unpaired) electrons. The van der Waals surface area contributed by atoms with E-state index in [0.29, 0.717) is 16.7 Å². The van der Waals surface area contributed by atoms with Crippen LogP contribution in [0.1, 0.15) is 81.0 Å². The molecule has 53 heavy (non-hydrogen) atoms. The summed E-state index contributed by atoms with van der Waals surface area (Å²) in [5, 5.41) is 4.81. The van der Waals surface area contributed by atoms with E-state index in [1.54, 1.807) is 18.2 Å². The normalized spacial score (nSPS) is 21.5. The van der Waals surface area contributed by atoms with Crippen LogP contribution >= 0.6 is 0 Å². The molecule has 0 spiro atoms. The smallest absolute Gasteiger partial charge is 0.216 e. The van der Waals surface area contributed by atoms with Gasteiger partial charge in [-0.1, -0.05) is 110 Å². The molecule has 3 aromatic carbocycles. The summed E-state index contributed by atoms with van der Waals surface area (Å²) in [6.07, 6.45) is 4.48. The summed E-state index contributed by atoms with van der Waals surface area (Å²) in [5.74, 6) is -0.280. The Bertz CT molecular complexity index is 2800. The molecule has 1 atom stereocenters. The van der Waals surface area contributed by atoms with Gasteiger partial charge in [0.1, 0.15) is 0 Å². The van der Waals surface area contributed by atoms with Gasteiger partial charge in [0.25, 0.3) is 0 Å². The average molecular weight is 901 g/mol. The van der Waals surface area contributed by atoms with Gasteiger partial charge in [0.2, 0.25) is 5.71 Å². The molecule has 0 saturated heterocycles. The predicted octanol–water partition coefficient (Wildman–Crippen LogP) is 11.9. The molecule has 3 aliphatic carbocycles. The van der Waals surface area contributed by atoms with Gasteiger partial charge in [-0.25, -0.2) is 4.98 Å². The first-order chi connectivity index (χ1) is 28.6. The molecule has 3 saturated carbocycles. The molecule has 3 aliphatic rings. The summed E-state index contributed by atoms with van der Waals surface area (Å²) < 4.78 is 81.6. The Morgan fingerprint density at radius 3 is 2.49 bits per heavy atom. The summed E-state index contributed by atoms with van der Waals surface area (Å²) >= 11 is 0. The van der Waals surface area contributed by atoms with Gasteiger partial charge >= 0.3 is 0 Å². The Hall–Kier alpha value is -3.96. The minimum Gasteiger partial charge on any atom is -0.486 e. The van der Waals surface area contributed by atoms with Crippen LogP contribution in [0.25, 0.3) is 55.4 Å². The second-order valence-electron chi connectivity index (χ2n) is 15.5. The molecule has 3 fully saturated rings. The van der Waals surface area contributed by atoms with E-state index < -0.39 is 33.4 Å². The van der Waals surface area contributed by atoms with Crippen molar-refractivity contribution in [3.8, 4) is 22.5 Å². The van der Waals surface area contributed by atoms with E-state index >= 15 is 0 Å². The Morgan fingerprint density at radius 1 is 0.943 bits per heavy atom.